The lowest BCUT2D eigenvalue weighted by Gasteiger charge is -2.11. The van der Waals surface area contributed by atoms with Crippen LogP contribution >= 0.6 is 0 Å². The Labute approximate surface area is 138 Å². The van der Waals surface area contributed by atoms with Gasteiger partial charge in [0, 0.05) is 6.61 Å². The first-order valence-corrected chi connectivity index (χ1v) is 9.83. The summed E-state index contributed by atoms with van der Waals surface area (Å²) in [5.74, 6) is 0. The number of aliphatic hydroxyl groups is 2. The van der Waals surface area contributed by atoms with Crippen LogP contribution in [0, 0.1) is 0 Å². The van der Waals surface area contributed by atoms with Gasteiger partial charge in [-0.25, -0.2) is 0 Å². The van der Waals surface area contributed by atoms with Gasteiger partial charge in [0.25, 0.3) is 0 Å². The molecule has 0 aromatic rings. The first kappa shape index (κ1) is 21.9. The molecule has 0 rings (SSSR count). The molecule has 0 fully saturated rings. The molecule has 0 saturated heterocycles. The summed E-state index contributed by atoms with van der Waals surface area (Å²) >= 11 is 0. The van der Waals surface area contributed by atoms with E-state index < -0.39 is 0 Å². The van der Waals surface area contributed by atoms with E-state index in [0.29, 0.717) is 6.54 Å². The van der Waals surface area contributed by atoms with Crippen molar-refractivity contribution >= 4 is 0 Å². The van der Waals surface area contributed by atoms with Gasteiger partial charge in [-0.05, 0) is 25.8 Å². The summed E-state index contributed by atoms with van der Waals surface area (Å²) in [5, 5.41) is 21.3. The first-order chi connectivity index (χ1) is 10.8. The number of unbranched alkanes of at least 4 members (excludes halogenated alkanes) is 12. The minimum absolute atomic E-state index is 0.193. The molecule has 134 valence electrons. The van der Waals surface area contributed by atoms with Gasteiger partial charge >= 0.3 is 0 Å². The fourth-order valence-electron chi connectivity index (χ4n) is 2.81. The summed E-state index contributed by atoms with van der Waals surface area (Å²) in [7, 11) is 0. The SMILES string of the molecule is CCCCCCCCCCCCCCCC(O)NCCCO. The largest absolute Gasteiger partial charge is 0.396 e. The highest BCUT2D eigenvalue weighted by Crippen LogP contribution is 2.13. The quantitative estimate of drug-likeness (QED) is 0.252. The fourth-order valence-corrected chi connectivity index (χ4v) is 2.81. The highest BCUT2D eigenvalue weighted by Gasteiger charge is 2.01. The molecule has 0 bridgehead atoms. The Morgan fingerprint density at radius 2 is 1.14 bits per heavy atom. The first-order valence-electron chi connectivity index (χ1n) is 9.83. The predicted octanol–water partition coefficient (Wildman–Crippen LogP) is 4.76. The van der Waals surface area contributed by atoms with Crippen LogP contribution in [0.1, 0.15) is 103 Å². The van der Waals surface area contributed by atoms with Gasteiger partial charge in [-0.1, -0.05) is 84.0 Å². The van der Waals surface area contributed by atoms with Crippen LogP contribution in [0.2, 0.25) is 0 Å². The van der Waals surface area contributed by atoms with Gasteiger partial charge < -0.3 is 10.2 Å². The van der Waals surface area contributed by atoms with Crippen LogP contribution in [-0.4, -0.2) is 29.6 Å². The van der Waals surface area contributed by atoms with E-state index >= 15 is 0 Å². The van der Waals surface area contributed by atoms with Crippen molar-refractivity contribution < 1.29 is 10.2 Å². The van der Waals surface area contributed by atoms with Crippen molar-refractivity contribution in [3.05, 3.63) is 0 Å². The molecule has 3 N–H and O–H groups in total. The molecule has 0 spiro atoms. The normalized spacial score (nSPS) is 12.7. The van der Waals surface area contributed by atoms with Crippen LogP contribution in [0.25, 0.3) is 0 Å². The minimum atomic E-state index is -0.390. The van der Waals surface area contributed by atoms with E-state index in [2.05, 4.69) is 12.2 Å². The van der Waals surface area contributed by atoms with Crippen molar-refractivity contribution in [3.8, 4) is 0 Å². The lowest BCUT2D eigenvalue weighted by atomic mass is 10.0. The van der Waals surface area contributed by atoms with Gasteiger partial charge in [0.05, 0.1) is 0 Å². The average molecular weight is 316 g/mol. The van der Waals surface area contributed by atoms with E-state index in [1.807, 2.05) is 0 Å². The van der Waals surface area contributed by atoms with Gasteiger partial charge in [0.1, 0.15) is 6.23 Å². The maximum Gasteiger partial charge on any atom is 0.104 e. The second kappa shape index (κ2) is 18.9. The van der Waals surface area contributed by atoms with Crippen molar-refractivity contribution in [1.82, 2.24) is 5.32 Å². The number of nitrogens with one attached hydrogen (secondary N) is 1. The summed E-state index contributed by atoms with van der Waals surface area (Å²) in [6, 6.07) is 0. The van der Waals surface area contributed by atoms with E-state index in [4.69, 9.17) is 5.11 Å². The fraction of sp³-hybridized carbons (Fsp3) is 1.00. The molecule has 0 saturated carbocycles. The van der Waals surface area contributed by atoms with Crippen molar-refractivity contribution in [2.75, 3.05) is 13.2 Å². The molecule has 0 aliphatic carbocycles. The topological polar surface area (TPSA) is 52.5 Å². The summed E-state index contributed by atoms with van der Waals surface area (Å²) in [6.07, 6.45) is 18.8. The summed E-state index contributed by atoms with van der Waals surface area (Å²) in [5.41, 5.74) is 0. The number of rotatable bonds is 18. The van der Waals surface area contributed by atoms with E-state index in [-0.39, 0.29) is 12.8 Å². The molecular formula is C19H41NO2. The molecule has 3 heteroatoms. The van der Waals surface area contributed by atoms with Crippen LogP contribution in [0.5, 0.6) is 0 Å². The van der Waals surface area contributed by atoms with Crippen LogP contribution in [0.3, 0.4) is 0 Å². The van der Waals surface area contributed by atoms with E-state index in [0.717, 1.165) is 19.3 Å². The van der Waals surface area contributed by atoms with Crippen molar-refractivity contribution in [3.63, 3.8) is 0 Å². The molecule has 0 aromatic heterocycles. The number of hydrogen-bond donors (Lipinski definition) is 3. The molecule has 0 aliphatic rings. The highest BCUT2D eigenvalue weighted by molar-refractivity contribution is 4.55. The minimum Gasteiger partial charge on any atom is -0.396 e. The zero-order valence-electron chi connectivity index (χ0n) is 15.0. The zero-order valence-corrected chi connectivity index (χ0v) is 15.0. The Kier molecular flexibility index (Phi) is 18.8. The summed E-state index contributed by atoms with van der Waals surface area (Å²) in [4.78, 5) is 0. The van der Waals surface area contributed by atoms with Crippen molar-refractivity contribution in [2.24, 2.45) is 0 Å². The summed E-state index contributed by atoms with van der Waals surface area (Å²) < 4.78 is 0. The highest BCUT2D eigenvalue weighted by atomic mass is 16.3. The molecule has 22 heavy (non-hydrogen) atoms. The number of aliphatic hydroxyl groups excluding tert-OH is 2. The third kappa shape index (κ3) is 17.9. The predicted molar refractivity (Wildman–Crippen MR) is 96.0 cm³/mol. The van der Waals surface area contributed by atoms with Gasteiger partial charge in [-0.2, -0.15) is 0 Å². The Morgan fingerprint density at radius 1 is 0.682 bits per heavy atom. The van der Waals surface area contributed by atoms with E-state index in [1.54, 1.807) is 0 Å². The number of hydrogen-bond acceptors (Lipinski definition) is 3. The smallest absolute Gasteiger partial charge is 0.104 e. The Hall–Kier alpha value is -0.120. The molecule has 1 unspecified atom stereocenters. The van der Waals surface area contributed by atoms with Crippen LogP contribution < -0.4 is 5.32 Å². The monoisotopic (exact) mass is 315 g/mol. The van der Waals surface area contributed by atoms with Gasteiger partial charge in [-0.15, -0.1) is 0 Å². The Balaban J connectivity index is 3.05. The average Bonchev–Trinajstić information content (AvgIpc) is 2.52. The van der Waals surface area contributed by atoms with Crippen LogP contribution in [0.4, 0.5) is 0 Å². The zero-order chi connectivity index (χ0) is 16.3. The maximum atomic E-state index is 9.66. The third-order valence-corrected chi connectivity index (χ3v) is 4.30. The van der Waals surface area contributed by atoms with Crippen molar-refractivity contribution in [1.29, 1.82) is 0 Å². The van der Waals surface area contributed by atoms with Gasteiger partial charge in [0.15, 0.2) is 0 Å². The van der Waals surface area contributed by atoms with E-state index in [1.165, 1.54) is 77.0 Å². The van der Waals surface area contributed by atoms with E-state index in [9.17, 15) is 5.11 Å². The lowest BCUT2D eigenvalue weighted by molar-refractivity contribution is 0.121. The van der Waals surface area contributed by atoms with Gasteiger partial charge in [0.2, 0.25) is 0 Å². The summed E-state index contributed by atoms with van der Waals surface area (Å²) in [6.45, 7) is 3.17. The second-order valence-corrected chi connectivity index (χ2v) is 6.58. The molecule has 1 atom stereocenters. The molecule has 0 amide bonds. The molecule has 0 aliphatic heterocycles. The maximum absolute atomic E-state index is 9.66. The van der Waals surface area contributed by atoms with Crippen LogP contribution in [0.15, 0.2) is 0 Å². The standard InChI is InChI=1S/C19H41NO2/c1-2-3-4-5-6-7-8-9-10-11-12-13-14-16-19(22)20-17-15-18-21/h19-22H,2-18H2,1H3. The molecule has 0 radical (unpaired) electrons. The van der Waals surface area contributed by atoms with Crippen LogP contribution in [-0.2, 0) is 0 Å². The molecule has 0 heterocycles. The molecule has 3 nitrogen and oxygen atoms in total. The molecule has 0 aromatic carbocycles. The van der Waals surface area contributed by atoms with Crippen molar-refractivity contribution in [2.45, 2.75) is 109 Å². The third-order valence-electron chi connectivity index (χ3n) is 4.30. The molecular weight excluding hydrogens is 274 g/mol. The van der Waals surface area contributed by atoms with Gasteiger partial charge in [-0.3, -0.25) is 5.32 Å². The Morgan fingerprint density at radius 3 is 1.59 bits per heavy atom. The Bertz CT molecular complexity index is 200. The second-order valence-electron chi connectivity index (χ2n) is 6.58. The lowest BCUT2D eigenvalue weighted by Crippen LogP contribution is -2.29.